The Morgan fingerprint density at radius 1 is 1.14 bits per heavy atom. The Hall–Kier alpha value is 0.200. The van der Waals surface area contributed by atoms with E-state index in [-0.39, 0.29) is 43.7 Å². The van der Waals surface area contributed by atoms with Gasteiger partial charge in [0, 0.05) is 0 Å². The van der Waals surface area contributed by atoms with Gasteiger partial charge in [-0.05, 0) is 18.8 Å². The molecule has 1 rings (SSSR count). The van der Waals surface area contributed by atoms with Gasteiger partial charge in [-0.1, -0.05) is 13.3 Å². The summed E-state index contributed by atoms with van der Waals surface area (Å²) >= 11 is 0. The number of carboxylic acid groups (broad SMARTS) is 2. The third kappa shape index (κ3) is 3.11. The second-order valence-corrected chi connectivity index (χ2v) is 3.72. The molecule has 1 fully saturated rings. The predicted molar refractivity (Wildman–Crippen MR) is 53.8 cm³/mol. The molecule has 2 N–H and O–H groups in total. The van der Waals surface area contributed by atoms with E-state index in [9.17, 15) is 9.59 Å². The summed E-state index contributed by atoms with van der Waals surface area (Å²) in [6, 6.07) is 0. The first-order chi connectivity index (χ1) is 6.04. The van der Waals surface area contributed by atoms with E-state index in [1.54, 1.807) is 0 Å². The molecule has 0 aromatic carbocycles. The molecule has 0 aliphatic heterocycles. The van der Waals surface area contributed by atoms with Gasteiger partial charge in [-0.25, -0.2) is 0 Å². The quantitative estimate of drug-likeness (QED) is 0.666. The number of hydrogen-bond donors (Lipinski definition) is 2. The zero-order chi connectivity index (χ0) is 10.0. The van der Waals surface area contributed by atoms with Crippen LogP contribution in [-0.4, -0.2) is 59.9 Å². The molecule has 0 aromatic heterocycles. The Kier molecular flexibility index (Phi) is 6.02. The Morgan fingerprint density at radius 2 is 1.71 bits per heavy atom. The van der Waals surface area contributed by atoms with Crippen LogP contribution in [0.1, 0.15) is 26.2 Å². The van der Waals surface area contributed by atoms with Gasteiger partial charge in [0.1, 0.15) is 0 Å². The fourth-order valence-electron chi connectivity index (χ4n) is 2.11. The van der Waals surface area contributed by atoms with Crippen LogP contribution >= 0.6 is 0 Å². The van der Waals surface area contributed by atoms with Crippen LogP contribution in [0.25, 0.3) is 0 Å². The number of hydrogen-bond acceptors (Lipinski definition) is 2. The fraction of sp³-hybridized carbons (Fsp3) is 0.778. The second kappa shape index (κ2) is 5.93. The molecule has 0 radical (unpaired) electrons. The van der Waals surface area contributed by atoms with Gasteiger partial charge in [0.05, 0.1) is 11.8 Å². The molecule has 0 amide bonds. The van der Waals surface area contributed by atoms with Crippen molar-refractivity contribution in [2.45, 2.75) is 26.2 Å². The maximum absolute atomic E-state index is 10.8. The topological polar surface area (TPSA) is 74.6 Å². The third-order valence-electron chi connectivity index (χ3n) is 2.82. The molecule has 1 saturated carbocycles. The molecule has 0 saturated heterocycles. The minimum absolute atomic E-state index is 0. The van der Waals surface area contributed by atoms with Gasteiger partial charge >= 0.3 is 49.7 Å². The van der Waals surface area contributed by atoms with Crippen LogP contribution in [0.15, 0.2) is 0 Å². The Labute approximate surface area is 113 Å². The van der Waals surface area contributed by atoms with Gasteiger partial charge < -0.3 is 10.2 Å². The van der Waals surface area contributed by atoms with Gasteiger partial charge in [-0.3, -0.25) is 9.59 Å². The van der Waals surface area contributed by atoms with E-state index in [0.29, 0.717) is 6.42 Å². The van der Waals surface area contributed by atoms with Crippen molar-refractivity contribution in [1.29, 1.82) is 0 Å². The van der Waals surface area contributed by atoms with E-state index in [1.807, 2.05) is 6.92 Å². The summed E-state index contributed by atoms with van der Waals surface area (Å²) in [6.07, 6.45) is 2.14. The molecule has 1 aliphatic rings. The first kappa shape index (κ1) is 14.2. The molecule has 1 aliphatic carbocycles. The summed E-state index contributed by atoms with van der Waals surface area (Å²) in [5.74, 6) is -3.36. The Morgan fingerprint density at radius 3 is 2.07 bits per heavy atom. The van der Waals surface area contributed by atoms with Gasteiger partial charge in [-0.2, -0.15) is 0 Å². The molecular formula is C9H16CaO4. The number of rotatable bonds is 2. The summed E-state index contributed by atoms with van der Waals surface area (Å²) in [4.78, 5) is 21.6. The van der Waals surface area contributed by atoms with Crippen molar-refractivity contribution in [2.75, 3.05) is 0 Å². The molecule has 0 bridgehead atoms. The molecule has 0 aromatic rings. The van der Waals surface area contributed by atoms with E-state index in [1.165, 1.54) is 0 Å². The molecule has 5 heteroatoms. The summed E-state index contributed by atoms with van der Waals surface area (Å²) < 4.78 is 0. The van der Waals surface area contributed by atoms with Crippen LogP contribution in [-0.2, 0) is 9.59 Å². The molecule has 14 heavy (non-hydrogen) atoms. The molecule has 0 spiro atoms. The fourth-order valence-corrected chi connectivity index (χ4v) is 2.11. The first-order valence-electron chi connectivity index (χ1n) is 4.49. The zero-order valence-electron chi connectivity index (χ0n) is 7.56. The van der Waals surface area contributed by atoms with E-state index in [0.717, 1.165) is 12.8 Å². The zero-order valence-corrected chi connectivity index (χ0v) is 7.56. The molecule has 3 unspecified atom stereocenters. The first-order valence-corrected chi connectivity index (χ1v) is 4.49. The van der Waals surface area contributed by atoms with Crippen LogP contribution in [0, 0.1) is 17.8 Å². The number of carbonyl (C=O) groups is 2. The normalized spacial score (nSPS) is 31.6. The average Bonchev–Trinajstić information content (AvgIpc) is 2.02. The molecule has 78 valence electrons. The number of carboxylic acids is 2. The molecule has 3 atom stereocenters. The average molecular weight is 228 g/mol. The van der Waals surface area contributed by atoms with Crippen LogP contribution in [0.5, 0.6) is 0 Å². The summed E-state index contributed by atoms with van der Waals surface area (Å²) in [7, 11) is 0. The minimum atomic E-state index is -0.973. The monoisotopic (exact) mass is 228 g/mol. The van der Waals surface area contributed by atoms with Gasteiger partial charge in [0.2, 0.25) is 0 Å². The van der Waals surface area contributed by atoms with Crippen LogP contribution in [0.2, 0.25) is 0 Å². The standard InChI is InChI=1S/C9H14O4.Ca.2H/c1-5-3-2-4-6(8(10)11)7(5)9(12)13;;;/h5-7H,2-4H2,1H3,(H,10,11)(H,12,13);;;. The predicted octanol–water partition coefficient (Wildman–Crippen LogP) is 0.292. The van der Waals surface area contributed by atoms with Crippen molar-refractivity contribution < 1.29 is 19.8 Å². The van der Waals surface area contributed by atoms with Crippen molar-refractivity contribution >= 4 is 49.7 Å². The second-order valence-electron chi connectivity index (χ2n) is 3.72. The van der Waals surface area contributed by atoms with Crippen LogP contribution < -0.4 is 0 Å². The van der Waals surface area contributed by atoms with E-state index in [2.05, 4.69) is 0 Å². The van der Waals surface area contributed by atoms with E-state index >= 15 is 0 Å². The Balaban J connectivity index is 0.00000169. The van der Waals surface area contributed by atoms with Gasteiger partial charge in [0.15, 0.2) is 0 Å². The molecule has 0 heterocycles. The van der Waals surface area contributed by atoms with Gasteiger partial charge in [0.25, 0.3) is 0 Å². The Bertz CT molecular complexity index is 229. The van der Waals surface area contributed by atoms with E-state index < -0.39 is 23.8 Å². The summed E-state index contributed by atoms with van der Waals surface area (Å²) in [5.41, 5.74) is 0. The maximum atomic E-state index is 10.8. The van der Waals surface area contributed by atoms with Crippen molar-refractivity contribution in [3.8, 4) is 0 Å². The molecular weight excluding hydrogens is 212 g/mol. The summed E-state index contributed by atoms with van der Waals surface area (Å²) in [6.45, 7) is 1.81. The van der Waals surface area contributed by atoms with Crippen molar-refractivity contribution in [3.05, 3.63) is 0 Å². The van der Waals surface area contributed by atoms with Crippen molar-refractivity contribution in [3.63, 3.8) is 0 Å². The SMILES string of the molecule is CC1CCCC(C(=O)O)C1C(=O)O.[CaH2]. The van der Waals surface area contributed by atoms with Crippen LogP contribution in [0.4, 0.5) is 0 Å². The van der Waals surface area contributed by atoms with Crippen LogP contribution in [0.3, 0.4) is 0 Å². The summed E-state index contributed by atoms with van der Waals surface area (Å²) in [5, 5.41) is 17.7. The van der Waals surface area contributed by atoms with E-state index in [4.69, 9.17) is 10.2 Å². The third-order valence-corrected chi connectivity index (χ3v) is 2.82. The van der Waals surface area contributed by atoms with Gasteiger partial charge in [-0.15, -0.1) is 0 Å². The molecule has 4 nitrogen and oxygen atoms in total. The number of aliphatic carboxylic acids is 2. The van der Waals surface area contributed by atoms with Crippen molar-refractivity contribution in [2.24, 2.45) is 17.8 Å². The van der Waals surface area contributed by atoms with Crippen molar-refractivity contribution in [1.82, 2.24) is 0 Å².